The van der Waals surface area contributed by atoms with E-state index >= 15 is 0 Å². The van der Waals surface area contributed by atoms with Crippen molar-refractivity contribution in [3.63, 3.8) is 0 Å². The van der Waals surface area contributed by atoms with Gasteiger partial charge in [0.1, 0.15) is 12.4 Å². The lowest BCUT2D eigenvalue weighted by Gasteiger charge is -2.24. The zero-order chi connectivity index (χ0) is 14.7. The van der Waals surface area contributed by atoms with Crippen LogP contribution in [0.25, 0.3) is 0 Å². The molecule has 0 saturated carbocycles. The van der Waals surface area contributed by atoms with E-state index in [1.807, 2.05) is 4.90 Å². The van der Waals surface area contributed by atoms with Gasteiger partial charge in [-0.05, 0) is 25.3 Å². The number of ether oxygens (including phenoxy) is 1. The minimum Gasteiger partial charge on any atom is -0.472 e. The predicted molar refractivity (Wildman–Crippen MR) is 74.8 cm³/mol. The van der Waals surface area contributed by atoms with Crippen LogP contribution in [-0.4, -0.2) is 60.5 Å². The number of rotatable bonds is 2. The van der Waals surface area contributed by atoms with Gasteiger partial charge < -0.3 is 19.0 Å². The number of carbonyl (C=O) groups excluding carboxylic acids is 2. The lowest BCUT2D eigenvalue weighted by Crippen LogP contribution is -2.41. The molecule has 6 heteroatoms. The standard InChI is InChI=1S/C15H20N2O4/c18-14(12-4-10-20-11-12)16-5-2-6-17(8-7-16)15(19)13-3-1-9-21-13/h4,10-11,13H,1-3,5-9H2/t13-/m1/s1. The van der Waals surface area contributed by atoms with Crippen LogP contribution in [0, 0.1) is 0 Å². The van der Waals surface area contributed by atoms with Gasteiger partial charge in [0, 0.05) is 32.8 Å². The summed E-state index contributed by atoms with van der Waals surface area (Å²) in [6.07, 6.45) is 5.24. The third-order valence-electron chi connectivity index (χ3n) is 4.07. The smallest absolute Gasteiger partial charge is 0.257 e. The summed E-state index contributed by atoms with van der Waals surface area (Å²) in [5.74, 6) is 0.0419. The molecule has 0 aliphatic carbocycles. The minimum absolute atomic E-state index is 0.0323. The van der Waals surface area contributed by atoms with Crippen LogP contribution in [0.3, 0.4) is 0 Å². The molecule has 6 nitrogen and oxygen atoms in total. The van der Waals surface area contributed by atoms with E-state index in [2.05, 4.69) is 0 Å². The van der Waals surface area contributed by atoms with Crippen molar-refractivity contribution in [1.82, 2.24) is 9.80 Å². The van der Waals surface area contributed by atoms with Crippen LogP contribution < -0.4 is 0 Å². The Morgan fingerprint density at radius 2 is 1.90 bits per heavy atom. The normalized spacial score (nSPS) is 23.1. The van der Waals surface area contributed by atoms with Crippen molar-refractivity contribution in [1.29, 1.82) is 0 Å². The fourth-order valence-corrected chi connectivity index (χ4v) is 2.89. The van der Waals surface area contributed by atoms with Gasteiger partial charge in [0.15, 0.2) is 0 Å². The van der Waals surface area contributed by atoms with Crippen molar-refractivity contribution in [2.75, 3.05) is 32.8 Å². The fraction of sp³-hybridized carbons (Fsp3) is 0.600. The van der Waals surface area contributed by atoms with E-state index in [1.54, 1.807) is 11.0 Å². The van der Waals surface area contributed by atoms with Crippen LogP contribution in [0.5, 0.6) is 0 Å². The molecule has 0 aromatic carbocycles. The molecule has 3 rings (SSSR count). The highest BCUT2D eigenvalue weighted by Crippen LogP contribution is 2.16. The zero-order valence-electron chi connectivity index (χ0n) is 12.0. The molecule has 2 fully saturated rings. The Labute approximate surface area is 123 Å². The van der Waals surface area contributed by atoms with Gasteiger partial charge in [-0.3, -0.25) is 9.59 Å². The van der Waals surface area contributed by atoms with Gasteiger partial charge in [-0.1, -0.05) is 0 Å². The minimum atomic E-state index is -0.277. The molecule has 0 bridgehead atoms. The van der Waals surface area contributed by atoms with Gasteiger partial charge in [-0.2, -0.15) is 0 Å². The first-order chi connectivity index (χ1) is 10.3. The van der Waals surface area contributed by atoms with Crippen molar-refractivity contribution in [3.8, 4) is 0 Å². The molecule has 1 aromatic rings. The Hall–Kier alpha value is -1.82. The molecular formula is C15H20N2O4. The average molecular weight is 292 g/mol. The summed E-state index contributed by atoms with van der Waals surface area (Å²) in [5, 5.41) is 0. The van der Waals surface area contributed by atoms with Crippen LogP contribution in [0.4, 0.5) is 0 Å². The summed E-state index contributed by atoms with van der Waals surface area (Å²) >= 11 is 0. The molecule has 1 atom stereocenters. The van der Waals surface area contributed by atoms with E-state index in [1.165, 1.54) is 12.5 Å². The maximum atomic E-state index is 12.3. The summed E-state index contributed by atoms with van der Waals surface area (Å²) < 4.78 is 10.4. The quantitative estimate of drug-likeness (QED) is 0.820. The molecule has 2 saturated heterocycles. The Kier molecular flexibility index (Phi) is 4.24. The molecule has 21 heavy (non-hydrogen) atoms. The van der Waals surface area contributed by atoms with Crippen molar-refractivity contribution in [2.45, 2.75) is 25.4 Å². The van der Waals surface area contributed by atoms with Crippen molar-refractivity contribution in [2.24, 2.45) is 0 Å². The number of carbonyl (C=O) groups is 2. The molecule has 3 heterocycles. The van der Waals surface area contributed by atoms with E-state index in [0.717, 1.165) is 19.3 Å². The summed E-state index contributed by atoms with van der Waals surface area (Å²) in [6.45, 7) is 3.16. The molecule has 2 aliphatic heterocycles. The highest BCUT2D eigenvalue weighted by Gasteiger charge is 2.30. The van der Waals surface area contributed by atoms with Gasteiger partial charge >= 0.3 is 0 Å². The fourth-order valence-electron chi connectivity index (χ4n) is 2.89. The summed E-state index contributed by atoms with van der Waals surface area (Å²) in [4.78, 5) is 28.2. The van der Waals surface area contributed by atoms with Crippen LogP contribution in [0.2, 0.25) is 0 Å². The highest BCUT2D eigenvalue weighted by molar-refractivity contribution is 5.93. The van der Waals surface area contributed by atoms with Gasteiger partial charge in [-0.15, -0.1) is 0 Å². The second-order valence-corrected chi connectivity index (χ2v) is 5.48. The Morgan fingerprint density at radius 3 is 2.62 bits per heavy atom. The molecule has 1 aromatic heterocycles. The molecule has 0 N–H and O–H groups in total. The molecule has 0 spiro atoms. The first-order valence-corrected chi connectivity index (χ1v) is 7.47. The number of hydrogen-bond acceptors (Lipinski definition) is 4. The molecule has 0 unspecified atom stereocenters. The number of hydrogen-bond donors (Lipinski definition) is 0. The van der Waals surface area contributed by atoms with E-state index in [-0.39, 0.29) is 17.9 Å². The van der Waals surface area contributed by atoms with E-state index in [4.69, 9.17) is 9.15 Å². The third kappa shape index (κ3) is 3.10. The number of amides is 2. The number of nitrogens with zero attached hydrogens (tertiary/aromatic N) is 2. The SMILES string of the molecule is O=C(c1ccoc1)N1CCCN(C(=O)[C@H]2CCCO2)CC1. The summed E-state index contributed by atoms with van der Waals surface area (Å²) in [7, 11) is 0. The third-order valence-corrected chi connectivity index (χ3v) is 4.07. The lowest BCUT2D eigenvalue weighted by atomic mass is 10.2. The largest absolute Gasteiger partial charge is 0.472 e. The second-order valence-electron chi connectivity index (χ2n) is 5.48. The molecule has 114 valence electrons. The van der Waals surface area contributed by atoms with Gasteiger partial charge in [0.05, 0.1) is 11.8 Å². The van der Waals surface area contributed by atoms with Crippen LogP contribution in [-0.2, 0) is 9.53 Å². The number of furan rings is 1. The highest BCUT2D eigenvalue weighted by atomic mass is 16.5. The lowest BCUT2D eigenvalue weighted by molar-refractivity contribution is -0.140. The zero-order valence-corrected chi connectivity index (χ0v) is 12.0. The Morgan fingerprint density at radius 1 is 1.10 bits per heavy atom. The molecule has 2 aliphatic rings. The summed E-state index contributed by atoms with van der Waals surface area (Å²) in [5.41, 5.74) is 0.564. The molecule has 2 amide bonds. The van der Waals surface area contributed by atoms with Crippen LogP contribution in [0.1, 0.15) is 29.6 Å². The van der Waals surface area contributed by atoms with Crippen LogP contribution >= 0.6 is 0 Å². The first-order valence-electron chi connectivity index (χ1n) is 7.47. The predicted octanol–water partition coefficient (Wildman–Crippen LogP) is 1.13. The topological polar surface area (TPSA) is 63.0 Å². The van der Waals surface area contributed by atoms with E-state index in [0.29, 0.717) is 38.3 Å². The first kappa shape index (κ1) is 14.1. The second kappa shape index (κ2) is 6.30. The Bertz CT molecular complexity index is 494. The maximum Gasteiger partial charge on any atom is 0.257 e. The van der Waals surface area contributed by atoms with Crippen molar-refractivity contribution in [3.05, 3.63) is 24.2 Å². The average Bonchev–Trinajstić information content (AvgIpc) is 3.15. The molecular weight excluding hydrogens is 272 g/mol. The Balaban J connectivity index is 1.59. The van der Waals surface area contributed by atoms with E-state index < -0.39 is 0 Å². The van der Waals surface area contributed by atoms with Gasteiger partial charge in [0.25, 0.3) is 11.8 Å². The van der Waals surface area contributed by atoms with E-state index in [9.17, 15) is 9.59 Å². The van der Waals surface area contributed by atoms with Crippen molar-refractivity contribution < 1.29 is 18.7 Å². The van der Waals surface area contributed by atoms with Crippen molar-refractivity contribution >= 4 is 11.8 Å². The van der Waals surface area contributed by atoms with Crippen LogP contribution in [0.15, 0.2) is 23.0 Å². The van der Waals surface area contributed by atoms with Gasteiger partial charge in [-0.25, -0.2) is 0 Å². The van der Waals surface area contributed by atoms with Gasteiger partial charge in [0.2, 0.25) is 0 Å². The molecule has 0 radical (unpaired) electrons. The maximum absolute atomic E-state index is 12.3. The summed E-state index contributed by atoms with van der Waals surface area (Å²) in [6, 6.07) is 1.67. The monoisotopic (exact) mass is 292 g/mol.